The zero-order chi connectivity index (χ0) is 17.9. The Bertz CT molecular complexity index is 719. The SMILES string of the molecule is CC(C)(C)c1cccc(CC(C(=O)O)C(O)c2cccc(Cl)c2)c1. The molecule has 2 unspecified atom stereocenters. The molecule has 4 heteroatoms. The molecule has 2 N–H and O–H groups in total. The average molecular weight is 347 g/mol. The van der Waals surface area contributed by atoms with Gasteiger partial charge in [0.15, 0.2) is 0 Å². The van der Waals surface area contributed by atoms with Crippen molar-refractivity contribution in [3.8, 4) is 0 Å². The lowest BCUT2D eigenvalue weighted by atomic mass is 9.84. The van der Waals surface area contributed by atoms with Crippen molar-refractivity contribution in [3.05, 3.63) is 70.2 Å². The van der Waals surface area contributed by atoms with Gasteiger partial charge in [-0.05, 0) is 40.7 Å². The van der Waals surface area contributed by atoms with Crippen LogP contribution in [0.3, 0.4) is 0 Å². The Kier molecular flexibility index (Phi) is 5.68. The number of benzene rings is 2. The fourth-order valence-corrected chi connectivity index (χ4v) is 2.87. The minimum Gasteiger partial charge on any atom is -0.481 e. The van der Waals surface area contributed by atoms with E-state index in [9.17, 15) is 15.0 Å². The Hall–Kier alpha value is -1.84. The predicted molar refractivity (Wildman–Crippen MR) is 96.4 cm³/mol. The van der Waals surface area contributed by atoms with Crippen LogP contribution < -0.4 is 0 Å². The maximum absolute atomic E-state index is 11.7. The summed E-state index contributed by atoms with van der Waals surface area (Å²) in [6, 6.07) is 14.6. The molecule has 2 aromatic rings. The molecule has 0 amide bonds. The van der Waals surface area contributed by atoms with E-state index in [0.717, 1.165) is 11.1 Å². The van der Waals surface area contributed by atoms with Gasteiger partial charge >= 0.3 is 5.97 Å². The number of hydrogen-bond donors (Lipinski definition) is 2. The largest absolute Gasteiger partial charge is 0.481 e. The molecular formula is C20H23ClO3. The maximum Gasteiger partial charge on any atom is 0.309 e. The molecule has 2 atom stereocenters. The van der Waals surface area contributed by atoms with E-state index in [-0.39, 0.29) is 11.8 Å². The van der Waals surface area contributed by atoms with Gasteiger partial charge < -0.3 is 10.2 Å². The van der Waals surface area contributed by atoms with Crippen molar-refractivity contribution in [2.75, 3.05) is 0 Å². The highest BCUT2D eigenvalue weighted by molar-refractivity contribution is 6.30. The molecule has 0 aromatic heterocycles. The highest BCUT2D eigenvalue weighted by Crippen LogP contribution is 2.29. The lowest BCUT2D eigenvalue weighted by Gasteiger charge is -2.22. The van der Waals surface area contributed by atoms with Gasteiger partial charge in [0, 0.05) is 5.02 Å². The van der Waals surface area contributed by atoms with E-state index in [1.54, 1.807) is 24.3 Å². The second-order valence-corrected chi connectivity index (χ2v) is 7.54. The average Bonchev–Trinajstić information content (AvgIpc) is 2.51. The van der Waals surface area contributed by atoms with Crippen molar-refractivity contribution in [3.63, 3.8) is 0 Å². The molecule has 128 valence electrons. The summed E-state index contributed by atoms with van der Waals surface area (Å²) in [4.78, 5) is 11.7. The molecule has 0 heterocycles. The molecular weight excluding hydrogens is 324 g/mol. The van der Waals surface area contributed by atoms with E-state index in [1.165, 1.54) is 0 Å². The van der Waals surface area contributed by atoms with Gasteiger partial charge in [0.25, 0.3) is 0 Å². The van der Waals surface area contributed by atoms with E-state index < -0.39 is 18.0 Å². The lowest BCUT2D eigenvalue weighted by Crippen LogP contribution is -2.24. The number of rotatable bonds is 5. The molecule has 0 saturated carbocycles. The summed E-state index contributed by atoms with van der Waals surface area (Å²) in [6.45, 7) is 6.34. The monoisotopic (exact) mass is 346 g/mol. The van der Waals surface area contributed by atoms with Crippen molar-refractivity contribution in [2.24, 2.45) is 5.92 Å². The summed E-state index contributed by atoms with van der Waals surface area (Å²) in [5.41, 5.74) is 2.54. The molecule has 0 radical (unpaired) electrons. The van der Waals surface area contributed by atoms with Gasteiger partial charge in [0.1, 0.15) is 0 Å². The first kappa shape index (κ1) is 18.5. The highest BCUT2D eigenvalue weighted by Gasteiger charge is 2.28. The van der Waals surface area contributed by atoms with Crippen molar-refractivity contribution in [1.82, 2.24) is 0 Å². The fraction of sp³-hybridized carbons (Fsp3) is 0.350. The third-order valence-electron chi connectivity index (χ3n) is 4.14. The molecule has 2 aromatic carbocycles. The summed E-state index contributed by atoms with van der Waals surface area (Å²) in [7, 11) is 0. The van der Waals surface area contributed by atoms with Gasteiger partial charge in [-0.25, -0.2) is 0 Å². The molecule has 0 aliphatic carbocycles. The summed E-state index contributed by atoms with van der Waals surface area (Å²) >= 11 is 5.95. The third-order valence-corrected chi connectivity index (χ3v) is 4.37. The zero-order valence-electron chi connectivity index (χ0n) is 14.2. The first-order valence-corrected chi connectivity index (χ1v) is 8.32. The number of halogens is 1. The minimum atomic E-state index is -1.11. The Morgan fingerprint density at radius 1 is 1.12 bits per heavy atom. The first-order chi connectivity index (χ1) is 11.2. The van der Waals surface area contributed by atoms with Crippen LogP contribution in [-0.2, 0) is 16.6 Å². The number of aliphatic hydroxyl groups excluding tert-OH is 1. The Balaban J connectivity index is 2.28. The summed E-state index contributed by atoms with van der Waals surface area (Å²) in [5, 5.41) is 20.6. The quantitative estimate of drug-likeness (QED) is 0.830. The first-order valence-electron chi connectivity index (χ1n) is 7.94. The summed E-state index contributed by atoms with van der Waals surface area (Å²) in [5.74, 6) is -1.96. The molecule has 0 aliphatic rings. The number of aliphatic carboxylic acids is 1. The lowest BCUT2D eigenvalue weighted by molar-refractivity contribution is -0.145. The third kappa shape index (κ3) is 4.59. The van der Waals surface area contributed by atoms with Crippen molar-refractivity contribution in [2.45, 2.75) is 38.7 Å². The molecule has 0 bridgehead atoms. The van der Waals surface area contributed by atoms with Gasteiger partial charge in [-0.15, -0.1) is 0 Å². The van der Waals surface area contributed by atoms with Crippen LogP contribution >= 0.6 is 11.6 Å². The number of aliphatic hydroxyl groups is 1. The summed E-state index contributed by atoms with van der Waals surface area (Å²) in [6.07, 6.45) is -0.855. The fourth-order valence-electron chi connectivity index (χ4n) is 2.68. The Morgan fingerprint density at radius 2 is 1.79 bits per heavy atom. The smallest absolute Gasteiger partial charge is 0.309 e. The van der Waals surface area contributed by atoms with Crippen molar-refractivity contribution in [1.29, 1.82) is 0 Å². The number of carbonyl (C=O) groups is 1. The molecule has 0 fully saturated rings. The van der Waals surface area contributed by atoms with Crippen LogP contribution in [0.2, 0.25) is 5.02 Å². The molecule has 0 spiro atoms. The molecule has 0 aliphatic heterocycles. The topological polar surface area (TPSA) is 57.5 Å². The zero-order valence-corrected chi connectivity index (χ0v) is 14.9. The maximum atomic E-state index is 11.7. The van der Waals surface area contributed by atoms with Crippen LogP contribution in [0.15, 0.2) is 48.5 Å². The predicted octanol–water partition coefficient (Wildman–Crippen LogP) is 4.61. The molecule has 3 nitrogen and oxygen atoms in total. The van der Waals surface area contributed by atoms with Crippen LogP contribution in [0.4, 0.5) is 0 Å². The number of hydrogen-bond acceptors (Lipinski definition) is 2. The highest BCUT2D eigenvalue weighted by atomic mass is 35.5. The normalized spacial score (nSPS) is 14.2. The van der Waals surface area contributed by atoms with Gasteiger partial charge in [0.2, 0.25) is 0 Å². The van der Waals surface area contributed by atoms with E-state index in [4.69, 9.17) is 11.6 Å². The van der Waals surface area contributed by atoms with Crippen molar-refractivity contribution < 1.29 is 15.0 Å². The van der Waals surface area contributed by atoms with E-state index in [1.807, 2.05) is 24.3 Å². The summed E-state index contributed by atoms with van der Waals surface area (Å²) < 4.78 is 0. The second-order valence-electron chi connectivity index (χ2n) is 7.10. The van der Waals surface area contributed by atoms with Crippen LogP contribution in [0.5, 0.6) is 0 Å². The second kappa shape index (κ2) is 7.37. The van der Waals surface area contributed by atoms with Crippen LogP contribution in [0.1, 0.15) is 43.6 Å². The van der Waals surface area contributed by atoms with Gasteiger partial charge in [-0.3, -0.25) is 4.79 Å². The van der Waals surface area contributed by atoms with Crippen LogP contribution in [-0.4, -0.2) is 16.2 Å². The van der Waals surface area contributed by atoms with Crippen molar-refractivity contribution >= 4 is 17.6 Å². The van der Waals surface area contributed by atoms with E-state index in [2.05, 4.69) is 20.8 Å². The number of carboxylic acid groups (broad SMARTS) is 1. The van der Waals surface area contributed by atoms with Gasteiger partial charge in [0.05, 0.1) is 12.0 Å². The molecule has 2 rings (SSSR count). The van der Waals surface area contributed by atoms with Gasteiger partial charge in [-0.1, -0.05) is 68.8 Å². The van der Waals surface area contributed by atoms with Crippen LogP contribution in [0.25, 0.3) is 0 Å². The molecule has 24 heavy (non-hydrogen) atoms. The van der Waals surface area contributed by atoms with E-state index in [0.29, 0.717) is 10.6 Å². The molecule has 0 saturated heterocycles. The van der Waals surface area contributed by atoms with E-state index >= 15 is 0 Å². The minimum absolute atomic E-state index is 0.0136. The Morgan fingerprint density at radius 3 is 2.38 bits per heavy atom. The van der Waals surface area contributed by atoms with Gasteiger partial charge in [-0.2, -0.15) is 0 Å². The Labute approximate surface area is 147 Å². The number of carboxylic acids is 1. The van der Waals surface area contributed by atoms with Crippen LogP contribution in [0, 0.1) is 5.92 Å². The standard InChI is InChI=1S/C20H23ClO3/c1-20(2,3)15-8-4-6-13(10-15)11-17(19(23)24)18(22)14-7-5-9-16(21)12-14/h4-10,12,17-18,22H,11H2,1-3H3,(H,23,24).